The van der Waals surface area contributed by atoms with Gasteiger partial charge in [0.1, 0.15) is 6.54 Å². The van der Waals surface area contributed by atoms with Gasteiger partial charge in [-0.2, -0.15) is 0 Å². The summed E-state index contributed by atoms with van der Waals surface area (Å²) in [6, 6.07) is 12.9. The smallest absolute Gasteiger partial charge is 0.258 e. The number of pyridine rings is 1. The molecule has 27 heavy (non-hydrogen) atoms. The third kappa shape index (κ3) is 3.60. The van der Waals surface area contributed by atoms with Crippen molar-refractivity contribution in [2.45, 2.75) is 19.4 Å². The molecule has 0 unspecified atom stereocenters. The quantitative estimate of drug-likeness (QED) is 0.644. The number of fused-ring (bicyclic) bond motifs is 1. The highest BCUT2D eigenvalue weighted by molar-refractivity contribution is 6.42. The van der Waals surface area contributed by atoms with Crippen LogP contribution in [-0.2, 0) is 11.3 Å². The number of likely N-dealkylation sites (tertiary alicyclic amines) is 1. The molecular weight excluding hydrogens is 383 g/mol. The maximum absolute atomic E-state index is 12.9. The van der Waals surface area contributed by atoms with Crippen LogP contribution in [0.5, 0.6) is 0 Å². The van der Waals surface area contributed by atoms with Crippen LogP contribution in [0.1, 0.15) is 12.8 Å². The predicted octanol–water partition coefficient (Wildman–Crippen LogP) is 4.60. The van der Waals surface area contributed by atoms with Crippen LogP contribution in [0.3, 0.4) is 0 Å². The number of hydrogen-bond donors (Lipinski definition) is 0. The molecule has 0 N–H and O–H groups in total. The number of rotatable bonds is 3. The van der Waals surface area contributed by atoms with Crippen LogP contribution in [-0.4, -0.2) is 28.5 Å². The lowest BCUT2D eigenvalue weighted by Crippen LogP contribution is -2.34. The Morgan fingerprint density at radius 1 is 0.926 bits per heavy atom. The van der Waals surface area contributed by atoms with Crippen molar-refractivity contribution >= 4 is 39.9 Å². The average Bonchev–Trinajstić information content (AvgIpc) is 3.21. The highest BCUT2D eigenvalue weighted by Crippen LogP contribution is 2.29. The molecule has 1 fully saturated rings. The van der Waals surface area contributed by atoms with E-state index < -0.39 is 0 Å². The zero-order chi connectivity index (χ0) is 19.0. The van der Waals surface area contributed by atoms with E-state index in [9.17, 15) is 9.59 Å². The second-order valence-electron chi connectivity index (χ2n) is 6.77. The van der Waals surface area contributed by atoms with Crippen LogP contribution in [0.4, 0.5) is 0 Å². The van der Waals surface area contributed by atoms with Gasteiger partial charge in [-0.05, 0) is 53.6 Å². The molecule has 0 aliphatic carbocycles. The Bertz CT molecular complexity index is 1090. The molecule has 1 amide bonds. The number of carbonyl (C=O) groups is 1. The Kier molecular flexibility index (Phi) is 4.94. The lowest BCUT2D eigenvalue weighted by Gasteiger charge is -2.16. The van der Waals surface area contributed by atoms with E-state index in [2.05, 4.69) is 0 Å². The monoisotopic (exact) mass is 400 g/mol. The summed E-state index contributed by atoms with van der Waals surface area (Å²) in [5, 5.41) is 2.38. The maximum atomic E-state index is 12.9. The molecule has 6 heteroatoms. The Labute approximate surface area is 166 Å². The van der Waals surface area contributed by atoms with Crippen molar-refractivity contribution in [2.75, 3.05) is 13.1 Å². The van der Waals surface area contributed by atoms with Gasteiger partial charge in [-0.25, -0.2) is 0 Å². The zero-order valence-corrected chi connectivity index (χ0v) is 16.1. The first kappa shape index (κ1) is 18.1. The SMILES string of the molecule is O=C(Cn1ccc2ccc(-c3ccc(Cl)c(Cl)c3)cc2c1=O)N1CCCC1. The summed E-state index contributed by atoms with van der Waals surface area (Å²) in [5.41, 5.74) is 1.60. The van der Waals surface area contributed by atoms with Crippen LogP contribution in [0, 0.1) is 0 Å². The molecule has 0 bridgehead atoms. The number of amides is 1. The zero-order valence-electron chi connectivity index (χ0n) is 14.6. The van der Waals surface area contributed by atoms with Gasteiger partial charge in [0.25, 0.3) is 5.56 Å². The lowest BCUT2D eigenvalue weighted by molar-refractivity contribution is -0.130. The van der Waals surface area contributed by atoms with Crippen molar-refractivity contribution in [3.8, 4) is 11.1 Å². The van der Waals surface area contributed by atoms with E-state index in [1.54, 1.807) is 18.3 Å². The molecule has 0 saturated carbocycles. The molecule has 1 aliphatic rings. The summed E-state index contributed by atoms with van der Waals surface area (Å²) >= 11 is 12.1. The molecule has 2 heterocycles. The molecule has 1 aromatic heterocycles. The Balaban J connectivity index is 1.71. The van der Waals surface area contributed by atoms with Gasteiger partial charge >= 0.3 is 0 Å². The Morgan fingerprint density at radius 2 is 1.63 bits per heavy atom. The number of hydrogen-bond acceptors (Lipinski definition) is 2. The van der Waals surface area contributed by atoms with E-state index in [0.717, 1.165) is 42.4 Å². The second-order valence-corrected chi connectivity index (χ2v) is 7.58. The highest BCUT2D eigenvalue weighted by atomic mass is 35.5. The van der Waals surface area contributed by atoms with E-state index in [1.165, 1.54) is 4.57 Å². The van der Waals surface area contributed by atoms with Gasteiger partial charge in [0, 0.05) is 24.7 Å². The summed E-state index contributed by atoms with van der Waals surface area (Å²) in [6.07, 6.45) is 3.76. The number of halogens is 2. The Morgan fingerprint density at radius 3 is 2.37 bits per heavy atom. The van der Waals surface area contributed by atoms with E-state index in [4.69, 9.17) is 23.2 Å². The van der Waals surface area contributed by atoms with Gasteiger partial charge in [0.05, 0.1) is 10.0 Å². The van der Waals surface area contributed by atoms with E-state index >= 15 is 0 Å². The summed E-state index contributed by atoms with van der Waals surface area (Å²) in [6.45, 7) is 1.64. The average molecular weight is 401 g/mol. The summed E-state index contributed by atoms with van der Waals surface area (Å²) in [7, 11) is 0. The van der Waals surface area contributed by atoms with Gasteiger partial charge in [0.2, 0.25) is 5.91 Å². The lowest BCUT2D eigenvalue weighted by atomic mass is 10.0. The van der Waals surface area contributed by atoms with Crippen molar-refractivity contribution in [1.29, 1.82) is 0 Å². The second kappa shape index (κ2) is 7.37. The van der Waals surface area contributed by atoms with Gasteiger partial charge in [-0.3, -0.25) is 9.59 Å². The molecular formula is C21H18Cl2N2O2. The first-order valence-electron chi connectivity index (χ1n) is 8.89. The van der Waals surface area contributed by atoms with Crippen molar-refractivity contribution in [2.24, 2.45) is 0 Å². The largest absolute Gasteiger partial charge is 0.341 e. The van der Waals surface area contributed by atoms with Crippen molar-refractivity contribution in [3.05, 3.63) is 69.1 Å². The first-order chi connectivity index (χ1) is 13.0. The summed E-state index contributed by atoms with van der Waals surface area (Å²) in [5.74, 6) is -0.00501. The fourth-order valence-corrected chi connectivity index (χ4v) is 3.77. The Hall–Kier alpha value is -2.30. The molecule has 1 aliphatic heterocycles. The fourth-order valence-electron chi connectivity index (χ4n) is 3.47. The molecule has 3 aromatic rings. The number of aromatic nitrogens is 1. The van der Waals surface area contributed by atoms with Crippen LogP contribution in [0.15, 0.2) is 53.5 Å². The van der Waals surface area contributed by atoms with Gasteiger partial charge in [-0.1, -0.05) is 41.4 Å². The molecule has 4 rings (SSSR count). The highest BCUT2D eigenvalue weighted by Gasteiger charge is 2.18. The van der Waals surface area contributed by atoms with Crippen molar-refractivity contribution in [3.63, 3.8) is 0 Å². The number of carbonyl (C=O) groups excluding carboxylic acids is 1. The molecule has 1 saturated heterocycles. The van der Waals surface area contributed by atoms with E-state index in [0.29, 0.717) is 15.4 Å². The third-order valence-electron chi connectivity index (χ3n) is 5.00. The van der Waals surface area contributed by atoms with Crippen LogP contribution in [0.2, 0.25) is 10.0 Å². The normalized spacial score (nSPS) is 14.1. The minimum Gasteiger partial charge on any atom is -0.341 e. The molecule has 138 valence electrons. The topological polar surface area (TPSA) is 42.3 Å². The first-order valence-corrected chi connectivity index (χ1v) is 9.65. The maximum Gasteiger partial charge on any atom is 0.258 e. The van der Waals surface area contributed by atoms with Crippen LogP contribution in [0.25, 0.3) is 21.9 Å². The molecule has 4 nitrogen and oxygen atoms in total. The van der Waals surface area contributed by atoms with Crippen LogP contribution < -0.4 is 5.56 Å². The summed E-state index contributed by atoms with van der Waals surface area (Å²) in [4.78, 5) is 27.2. The molecule has 0 radical (unpaired) electrons. The van der Waals surface area contributed by atoms with E-state index in [-0.39, 0.29) is 18.0 Å². The van der Waals surface area contributed by atoms with Crippen LogP contribution >= 0.6 is 23.2 Å². The van der Waals surface area contributed by atoms with Gasteiger partial charge in [0.15, 0.2) is 0 Å². The standard InChI is InChI=1S/C21H18Cl2N2O2/c22-18-6-5-16(12-19(18)23)15-4-3-14-7-10-25(21(27)17(14)11-15)13-20(26)24-8-1-2-9-24/h3-7,10-12H,1-2,8-9,13H2. The number of nitrogens with zero attached hydrogens (tertiary/aromatic N) is 2. The summed E-state index contributed by atoms with van der Waals surface area (Å²) < 4.78 is 1.49. The van der Waals surface area contributed by atoms with Gasteiger partial charge in [-0.15, -0.1) is 0 Å². The van der Waals surface area contributed by atoms with Gasteiger partial charge < -0.3 is 9.47 Å². The fraction of sp³-hybridized carbons (Fsp3) is 0.238. The minimum atomic E-state index is -0.165. The molecule has 2 aromatic carbocycles. The number of benzene rings is 2. The van der Waals surface area contributed by atoms with E-state index in [1.807, 2.05) is 35.2 Å². The third-order valence-corrected chi connectivity index (χ3v) is 5.73. The molecule has 0 spiro atoms. The van der Waals surface area contributed by atoms with Crippen molar-refractivity contribution < 1.29 is 4.79 Å². The van der Waals surface area contributed by atoms with Crippen molar-refractivity contribution in [1.82, 2.24) is 9.47 Å². The predicted molar refractivity (Wildman–Crippen MR) is 109 cm³/mol. The minimum absolute atomic E-state index is 0.00501. The molecule has 0 atom stereocenters.